The molecule has 6 heteroatoms. The Kier molecular flexibility index (Phi) is 7.14. The van der Waals surface area contributed by atoms with Crippen molar-refractivity contribution in [2.75, 3.05) is 13.2 Å². The van der Waals surface area contributed by atoms with Crippen molar-refractivity contribution in [1.29, 1.82) is 0 Å². The van der Waals surface area contributed by atoms with Gasteiger partial charge in [-0.3, -0.25) is 5.43 Å². The second-order valence-electron chi connectivity index (χ2n) is 3.51. The van der Waals surface area contributed by atoms with Gasteiger partial charge in [-0.05, 0) is 37.3 Å². The lowest BCUT2D eigenvalue weighted by molar-refractivity contribution is 0.362. The van der Waals surface area contributed by atoms with Crippen molar-refractivity contribution in [1.82, 2.24) is 10.7 Å². The number of benzene rings is 1. The SMILES string of the molecule is C=CCOc1ccc(Br)cc1C=NNC(=S)NCC. The lowest BCUT2D eigenvalue weighted by Crippen LogP contribution is -2.31. The van der Waals surface area contributed by atoms with Gasteiger partial charge in [-0.2, -0.15) is 5.10 Å². The van der Waals surface area contributed by atoms with E-state index in [9.17, 15) is 0 Å². The van der Waals surface area contributed by atoms with Crippen molar-refractivity contribution in [3.8, 4) is 5.75 Å². The van der Waals surface area contributed by atoms with E-state index >= 15 is 0 Å². The molecule has 0 aliphatic rings. The molecule has 0 amide bonds. The van der Waals surface area contributed by atoms with Gasteiger partial charge in [0.25, 0.3) is 0 Å². The highest BCUT2D eigenvalue weighted by Crippen LogP contribution is 2.21. The molecule has 19 heavy (non-hydrogen) atoms. The molecule has 1 aromatic carbocycles. The molecular weight excluding hydrogens is 326 g/mol. The Morgan fingerprint density at radius 1 is 1.58 bits per heavy atom. The van der Waals surface area contributed by atoms with E-state index in [0.29, 0.717) is 11.7 Å². The molecule has 0 saturated heterocycles. The van der Waals surface area contributed by atoms with Crippen LogP contribution in [0.25, 0.3) is 0 Å². The summed E-state index contributed by atoms with van der Waals surface area (Å²) in [6.45, 7) is 6.79. The number of hydrazone groups is 1. The quantitative estimate of drug-likeness (QED) is 0.361. The lowest BCUT2D eigenvalue weighted by atomic mass is 10.2. The monoisotopic (exact) mass is 341 g/mol. The zero-order chi connectivity index (χ0) is 14.1. The third-order valence-corrected chi connectivity index (χ3v) is 2.76. The van der Waals surface area contributed by atoms with Crippen molar-refractivity contribution >= 4 is 39.5 Å². The fourth-order valence-electron chi connectivity index (χ4n) is 1.26. The van der Waals surface area contributed by atoms with E-state index in [-0.39, 0.29) is 0 Å². The summed E-state index contributed by atoms with van der Waals surface area (Å²) in [5.74, 6) is 0.739. The fraction of sp³-hybridized carbons (Fsp3) is 0.231. The second kappa shape index (κ2) is 8.66. The molecule has 0 aromatic heterocycles. The summed E-state index contributed by atoms with van der Waals surface area (Å²) < 4.78 is 6.49. The first-order valence-electron chi connectivity index (χ1n) is 5.77. The van der Waals surface area contributed by atoms with Gasteiger partial charge in [0, 0.05) is 16.6 Å². The molecular formula is C13H16BrN3OS. The lowest BCUT2D eigenvalue weighted by Gasteiger charge is -2.08. The molecule has 1 rings (SSSR count). The molecule has 0 spiro atoms. The summed E-state index contributed by atoms with van der Waals surface area (Å²) in [5, 5.41) is 7.50. The second-order valence-corrected chi connectivity index (χ2v) is 4.84. The normalized spacial score (nSPS) is 10.2. The van der Waals surface area contributed by atoms with Gasteiger partial charge < -0.3 is 10.1 Å². The number of hydrogen-bond donors (Lipinski definition) is 2. The molecule has 0 atom stereocenters. The molecule has 2 N–H and O–H groups in total. The van der Waals surface area contributed by atoms with Crippen LogP contribution in [0.3, 0.4) is 0 Å². The van der Waals surface area contributed by atoms with Crippen molar-refractivity contribution in [2.45, 2.75) is 6.92 Å². The minimum Gasteiger partial charge on any atom is -0.489 e. The summed E-state index contributed by atoms with van der Waals surface area (Å²) in [6, 6.07) is 5.70. The van der Waals surface area contributed by atoms with Crippen LogP contribution in [-0.4, -0.2) is 24.5 Å². The topological polar surface area (TPSA) is 45.6 Å². The van der Waals surface area contributed by atoms with Gasteiger partial charge in [-0.1, -0.05) is 28.6 Å². The van der Waals surface area contributed by atoms with Gasteiger partial charge in [-0.15, -0.1) is 0 Å². The summed E-state index contributed by atoms with van der Waals surface area (Å²) in [6.07, 6.45) is 3.36. The average molecular weight is 342 g/mol. The maximum atomic E-state index is 5.54. The molecule has 0 bridgehead atoms. The fourth-order valence-corrected chi connectivity index (χ4v) is 1.84. The zero-order valence-corrected chi connectivity index (χ0v) is 13.1. The van der Waals surface area contributed by atoms with Crippen LogP contribution in [-0.2, 0) is 0 Å². The van der Waals surface area contributed by atoms with Crippen LogP contribution in [0.2, 0.25) is 0 Å². The molecule has 0 aliphatic heterocycles. The van der Waals surface area contributed by atoms with Gasteiger partial charge in [0.1, 0.15) is 12.4 Å². The Bertz CT molecular complexity index is 477. The smallest absolute Gasteiger partial charge is 0.186 e. The van der Waals surface area contributed by atoms with Crippen LogP contribution in [0.15, 0.2) is 40.4 Å². The average Bonchev–Trinajstić information content (AvgIpc) is 2.38. The minimum absolute atomic E-state index is 0.450. The maximum Gasteiger partial charge on any atom is 0.186 e. The van der Waals surface area contributed by atoms with Crippen LogP contribution in [0.1, 0.15) is 12.5 Å². The van der Waals surface area contributed by atoms with Crippen LogP contribution in [0, 0.1) is 0 Å². The highest BCUT2D eigenvalue weighted by Gasteiger charge is 2.02. The zero-order valence-electron chi connectivity index (χ0n) is 10.6. The number of rotatable bonds is 6. The maximum absolute atomic E-state index is 5.54. The van der Waals surface area contributed by atoms with Gasteiger partial charge in [0.15, 0.2) is 5.11 Å². The first-order chi connectivity index (χ1) is 9.17. The Morgan fingerprint density at radius 2 is 2.37 bits per heavy atom. The molecule has 0 heterocycles. The number of nitrogens with one attached hydrogen (secondary N) is 2. The van der Waals surface area contributed by atoms with Gasteiger partial charge in [0.05, 0.1) is 6.21 Å². The Labute approximate surface area is 127 Å². The van der Waals surface area contributed by atoms with E-state index in [1.54, 1.807) is 12.3 Å². The van der Waals surface area contributed by atoms with E-state index in [1.807, 2.05) is 25.1 Å². The molecule has 0 saturated carbocycles. The Hall–Kier alpha value is -1.40. The first kappa shape index (κ1) is 15.7. The minimum atomic E-state index is 0.450. The summed E-state index contributed by atoms with van der Waals surface area (Å²) in [4.78, 5) is 0. The van der Waals surface area contributed by atoms with E-state index in [0.717, 1.165) is 22.3 Å². The van der Waals surface area contributed by atoms with Crippen molar-refractivity contribution in [3.05, 3.63) is 40.9 Å². The number of hydrogen-bond acceptors (Lipinski definition) is 3. The highest BCUT2D eigenvalue weighted by atomic mass is 79.9. The van der Waals surface area contributed by atoms with Crippen LogP contribution >= 0.6 is 28.1 Å². The number of ether oxygens (including phenoxy) is 1. The van der Waals surface area contributed by atoms with Crippen molar-refractivity contribution in [2.24, 2.45) is 5.10 Å². The molecule has 1 aromatic rings. The van der Waals surface area contributed by atoms with Gasteiger partial charge in [0.2, 0.25) is 0 Å². The molecule has 0 fully saturated rings. The number of thiocarbonyl (C=S) groups is 1. The van der Waals surface area contributed by atoms with Crippen molar-refractivity contribution < 1.29 is 4.74 Å². The molecule has 4 nitrogen and oxygen atoms in total. The van der Waals surface area contributed by atoms with Crippen LogP contribution < -0.4 is 15.5 Å². The number of halogens is 1. The van der Waals surface area contributed by atoms with E-state index in [4.69, 9.17) is 17.0 Å². The van der Waals surface area contributed by atoms with E-state index in [1.165, 1.54) is 0 Å². The Morgan fingerprint density at radius 3 is 3.05 bits per heavy atom. The Balaban J connectivity index is 2.74. The van der Waals surface area contributed by atoms with Gasteiger partial charge >= 0.3 is 0 Å². The molecule has 0 aliphatic carbocycles. The van der Waals surface area contributed by atoms with E-state index in [2.05, 4.69) is 38.4 Å². The van der Waals surface area contributed by atoms with Crippen molar-refractivity contribution in [3.63, 3.8) is 0 Å². The summed E-state index contributed by atoms with van der Waals surface area (Å²) in [5.41, 5.74) is 3.58. The summed E-state index contributed by atoms with van der Waals surface area (Å²) >= 11 is 8.42. The predicted octanol–water partition coefficient (Wildman–Crippen LogP) is 2.83. The molecule has 102 valence electrons. The third-order valence-electron chi connectivity index (χ3n) is 2.04. The van der Waals surface area contributed by atoms with Crippen LogP contribution in [0.4, 0.5) is 0 Å². The van der Waals surface area contributed by atoms with E-state index < -0.39 is 0 Å². The highest BCUT2D eigenvalue weighted by molar-refractivity contribution is 9.10. The summed E-state index contributed by atoms with van der Waals surface area (Å²) in [7, 11) is 0. The molecule has 0 unspecified atom stereocenters. The third kappa shape index (κ3) is 5.85. The van der Waals surface area contributed by atoms with Gasteiger partial charge in [-0.25, -0.2) is 0 Å². The standard InChI is InChI=1S/C13H16BrN3OS/c1-3-7-18-12-6-5-11(14)8-10(12)9-16-17-13(19)15-4-2/h3,5-6,8-9H,1,4,7H2,2H3,(H2,15,17,19). The first-order valence-corrected chi connectivity index (χ1v) is 6.97. The number of nitrogens with zero attached hydrogens (tertiary/aromatic N) is 1. The largest absolute Gasteiger partial charge is 0.489 e. The van der Waals surface area contributed by atoms with Crippen LogP contribution in [0.5, 0.6) is 5.75 Å². The predicted molar refractivity (Wildman–Crippen MR) is 86.8 cm³/mol. The molecule has 0 radical (unpaired) electrons.